The summed E-state index contributed by atoms with van der Waals surface area (Å²) < 4.78 is 0. The average Bonchev–Trinajstić information content (AvgIpc) is 2.31. The molecule has 2 N–H and O–H groups in total. The summed E-state index contributed by atoms with van der Waals surface area (Å²) >= 11 is 1.88. The van der Waals surface area contributed by atoms with Gasteiger partial charge in [-0.25, -0.2) is 0 Å². The van der Waals surface area contributed by atoms with Crippen LogP contribution in [0.1, 0.15) is 32.8 Å². The summed E-state index contributed by atoms with van der Waals surface area (Å²) in [4.78, 5) is 1.34. The Bertz CT molecular complexity index is 335. The summed E-state index contributed by atoms with van der Waals surface area (Å²) in [5.41, 5.74) is 1.38. The van der Waals surface area contributed by atoms with E-state index in [2.05, 4.69) is 50.4 Å². The molecule has 2 nitrogen and oxygen atoms in total. The number of benzene rings is 1. The number of aliphatic hydroxyl groups excluding tert-OH is 1. The Balaban J connectivity index is 2.35. The molecule has 0 aliphatic heterocycles. The number of rotatable bonds is 8. The quantitative estimate of drug-likeness (QED) is 0.710. The highest BCUT2D eigenvalue weighted by Gasteiger charge is 2.15. The van der Waals surface area contributed by atoms with Crippen molar-refractivity contribution in [2.24, 2.45) is 0 Å². The maximum atomic E-state index is 8.96. The SMILES string of the molecule is CCSc1ccc(CCNC(C)(C)CCO)cc1. The van der Waals surface area contributed by atoms with Gasteiger partial charge in [0.05, 0.1) is 0 Å². The third-order valence-corrected chi connectivity index (χ3v) is 3.88. The zero-order valence-corrected chi connectivity index (χ0v) is 12.5. The lowest BCUT2D eigenvalue weighted by Gasteiger charge is -2.25. The van der Waals surface area contributed by atoms with Crippen molar-refractivity contribution >= 4 is 11.8 Å². The summed E-state index contributed by atoms with van der Waals surface area (Å²) in [6.45, 7) is 7.62. The van der Waals surface area contributed by atoms with Crippen LogP contribution in [0.15, 0.2) is 29.2 Å². The van der Waals surface area contributed by atoms with Gasteiger partial charge in [-0.2, -0.15) is 0 Å². The molecule has 0 saturated heterocycles. The van der Waals surface area contributed by atoms with Crippen LogP contribution in [0.3, 0.4) is 0 Å². The first-order valence-electron chi connectivity index (χ1n) is 6.65. The molecule has 1 aromatic carbocycles. The van der Waals surface area contributed by atoms with E-state index in [0.717, 1.165) is 25.1 Å². The van der Waals surface area contributed by atoms with E-state index in [0.29, 0.717) is 0 Å². The fourth-order valence-corrected chi connectivity index (χ4v) is 2.49. The standard InChI is InChI=1S/C15H25NOS/c1-4-18-14-7-5-13(6-8-14)9-11-16-15(2,3)10-12-17/h5-8,16-17H,4,9-12H2,1-3H3. The van der Waals surface area contributed by atoms with Gasteiger partial charge in [-0.15, -0.1) is 11.8 Å². The van der Waals surface area contributed by atoms with Crippen LogP contribution in [-0.4, -0.2) is 29.5 Å². The van der Waals surface area contributed by atoms with Gasteiger partial charge in [0, 0.05) is 17.0 Å². The lowest BCUT2D eigenvalue weighted by Crippen LogP contribution is -2.41. The van der Waals surface area contributed by atoms with E-state index in [1.54, 1.807) is 0 Å². The minimum Gasteiger partial charge on any atom is -0.396 e. The largest absolute Gasteiger partial charge is 0.396 e. The molecule has 0 saturated carbocycles. The molecule has 0 unspecified atom stereocenters. The van der Waals surface area contributed by atoms with E-state index in [1.807, 2.05) is 11.8 Å². The monoisotopic (exact) mass is 267 g/mol. The van der Waals surface area contributed by atoms with Crippen LogP contribution in [-0.2, 0) is 6.42 Å². The molecule has 3 heteroatoms. The van der Waals surface area contributed by atoms with Gasteiger partial charge < -0.3 is 10.4 Å². The number of thioether (sulfide) groups is 1. The molecule has 102 valence electrons. The van der Waals surface area contributed by atoms with E-state index in [1.165, 1.54) is 10.5 Å². The molecule has 0 radical (unpaired) electrons. The summed E-state index contributed by atoms with van der Waals surface area (Å²) in [5, 5.41) is 12.4. The Morgan fingerprint density at radius 2 is 1.89 bits per heavy atom. The lowest BCUT2D eigenvalue weighted by molar-refractivity contribution is 0.231. The third kappa shape index (κ3) is 5.89. The van der Waals surface area contributed by atoms with Crippen molar-refractivity contribution in [3.8, 4) is 0 Å². The van der Waals surface area contributed by atoms with E-state index in [4.69, 9.17) is 5.11 Å². The van der Waals surface area contributed by atoms with E-state index in [-0.39, 0.29) is 12.1 Å². The molecular formula is C15H25NOS. The van der Waals surface area contributed by atoms with Crippen molar-refractivity contribution in [3.63, 3.8) is 0 Å². The van der Waals surface area contributed by atoms with Crippen LogP contribution >= 0.6 is 11.8 Å². The van der Waals surface area contributed by atoms with Gasteiger partial charge in [0.15, 0.2) is 0 Å². The second-order valence-electron chi connectivity index (χ2n) is 5.11. The zero-order valence-electron chi connectivity index (χ0n) is 11.7. The Labute approximate surface area is 115 Å². The normalized spacial score (nSPS) is 11.8. The number of nitrogens with one attached hydrogen (secondary N) is 1. The predicted octanol–water partition coefficient (Wildman–Crippen LogP) is 3.09. The first-order chi connectivity index (χ1) is 8.57. The summed E-state index contributed by atoms with van der Waals surface area (Å²) in [7, 11) is 0. The maximum Gasteiger partial charge on any atom is 0.0448 e. The molecule has 0 heterocycles. The van der Waals surface area contributed by atoms with E-state index < -0.39 is 0 Å². The minimum absolute atomic E-state index is 0.0206. The van der Waals surface area contributed by atoms with Crippen molar-refractivity contribution in [2.45, 2.75) is 44.0 Å². The molecule has 0 aromatic heterocycles. The molecule has 0 atom stereocenters. The molecule has 0 aliphatic carbocycles. The molecule has 1 rings (SSSR count). The van der Waals surface area contributed by atoms with Gasteiger partial charge in [0.25, 0.3) is 0 Å². The van der Waals surface area contributed by atoms with Crippen LogP contribution in [0.25, 0.3) is 0 Å². The molecule has 1 aromatic rings. The molecule has 0 amide bonds. The molecule has 0 spiro atoms. The van der Waals surface area contributed by atoms with Crippen molar-refractivity contribution in [3.05, 3.63) is 29.8 Å². The van der Waals surface area contributed by atoms with Gasteiger partial charge in [-0.3, -0.25) is 0 Å². The van der Waals surface area contributed by atoms with Crippen LogP contribution in [0.5, 0.6) is 0 Å². The molecule has 0 bridgehead atoms. The summed E-state index contributed by atoms with van der Waals surface area (Å²) in [6, 6.07) is 8.81. The highest BCUT2D eigenvalue weighted by Crippen LogP contribution is 2.18. The molecule has 0 aliphatic rings. The predicted molar refractivity (Wildman–Crippen MR) is 80.3 cm³/mol. The first-order valence-corrected chi connectivity index (χ1v) is 7.63. The van der Waals surface area contributed by atoms with Crippen LogP contribution < -0.4 is 5.32 Å². The summed E-state index contributed by atoms with van der Waals surface area (Å²) in [5.74, 6) is 1.12. The van der Waals surface area contributed by atoms with Gasteiger partial charge in [0.2, 0.25) is 0 Å². The highest BCUT2D eigenvalue weighted by molar-refractivity contribution is 7.99. The van der Waals surface area contributed by atoms with Gasteiger partial charge in [0.1, 0.15) is 0 Å². The average molecular weight is 267 g/mol. The Morgan fingerprint density at radius 1 is 1.22 bits per heavy atom. The van der Waals surface area contributed by atoms with Crippen LogP contribution in [0, 0.1) is 0 Å². The molecular weight excluding hydrogens is 242 g/mol. The van der Waals surface area contributed by atoms with Gasteiger partial charge in [-0.1, -0.05) is 19.1 Å². The number of hydrogen-bond donors (Lipinski definition) is 2. The van der Waals surface area contributed by atoms with Crippen LogP contribution in [0.4, 0.5) is 0 Å². The van der Waals surface area contributed by atoms with Crippen LogP contribution in [0.2, 0.25) is 0 Å². The third-order valence-electron chi connectivity index (χ3n) is 2.99. The van der Waals surface area contributed by atoms with Gasteiger partial charge in [-0.05, 0) is 56.7 Å². The minimum atomic E-state index is 0.0206. The topological polar surface area (TPSA) is 32.3 Å². The zero-order chi connectivity index (χ0) is 13.4. The first kappa shape index (κ1) is 15.5. The Morgan fingerprint density at radius 3 is 2.44 bits per heavy atom. The van der Waals surface area contributed by atoms with E-state index >= 15 is 0 Å². The molecule has 18 heavy (non-hydrogen) atoms. The smallest absolute Gasteiger partial charge is 0.0448 e. The highest BCUT2D eigenvalue weighted by atomic mass is 32.2. The van der Waals surface area contributed by atoms with Crippen molar-refractivity contribution < 1.29 is 5.11 Å². The van der Waals surface area contributed by atoms with Crippen molar-refractivity contribution in [1.29, 1.82) is 0 Å². The summed E-state index contributed by atoms with van der Waals surface area (Å²) in [6.07, 6.45) is 1.82. The maximum absolute atomic E-state index is 8.96. The number of aliphatic hydroxyl groups is 1. The Hall–Kier alpha value is -0.510. The second-order valence-corrected chi connectivity index (χ2v) is 6.45. The fourth-order valence-electron chi connectivity index (χ4n) is 1.83. The lowest BCUT2D eigenvalue weighted by atomic mass is 10.0. The van der Waals surface area contributed by atoms with Crippen molar-refractivity contribution in [1.82, 2.24) is 5.32 Å². The molecule has 0 fully saturated rings. The van der Waals surface area contributed by atoms with Crippen molar-refractivity contribution in [2.75, 3.05) is 18.9 Å². The number of hydrogen-bond acceptors (Lipinski definition) is 3. The van der Waals surface area contributed by atoms with E-state index in [9.17, 15) is 0 Å². The second kappa shape index (κ2) is 7.82. The van der Waals surface area contributed by atoms with Gasteiger partial charge >= 0.3 is 0 Å². The fraction of sp³-hybridized carbons (Fsp3) is 0.600. The Kier molecular flexibility index (Phi) is 6.76.